The molecule has 0 saturated carbocycles. The van der Waals surface area contributed by atoms with Gasteiger partial charge in [0.05, 0.1) is 12.2 Å². The Hall–Kier alpha value is -2.29. The molecule has 136 valence electrons. The number of nitrogens with zero attached hydrogens (tertiary/aromatic N) is 3. The number of benzene rings is 1. The quantitative estimate of drug-likeness (QED) is 0.637. The molecular weight excluding hydrogens is 350 g/mol. The Balaban J connectivity index is 1.36. The van der Waals surface area contributed by atoms with E-state index in [1.807, 2.05) is 30.3 Å². The first-order valence-electron chi connectivity index (χ1n) is 8.78. The fourth-order valence-corrected chi connectivity index (χ4v) is 4.23. The maximum atomic E-state index is 12.3. The second-order valence-corrected chi connectivity index (χ2v) is 7.59. The molecule has 1 aliphatic heterocycles. The summed E-state index contributed by atoms with van der Waals surface area (Å²) in [6.45, 7) is 2.05. The Labute approximate surface area is 155 Å². The molecule has 4 rings (SSSR count). The van der Waals surface area contributed by atoms with Crippen molar-refractivity contribution in [2.24, 2.45) is 0 Å². The van der Waals surface area contributed by atoms with Crippen LogP contribution in [0.25, 0.3) is 10.1 Å². The highest BCUT2D eigenvalue weighted by atomic mass is 32.1. The maximum Gasteiger partial charge on any atom is 0.273 e. The monoisotopic (exact) mass is 371 g/mol. The lowest BCUT2D eigenvalue weighted by Crippen LogP contribution is -2.30. The zero-order valence-electron chi connectivity index (χ0n) is 14.3. The number of thiophene rings is 1. The van der Waals surface area contributed by atoms with Gasteiger partial charge in [-0.1, -0.05) is 23.4 Å². The molecule has 2 aromatic heterocycles. The van der Waals surface area contributed by atoms with Crippen LogP contribution in [0.3, 0.4) is 0 Å². The van der Waals surface area contributed by atoms with Gasteiger partial charge in [0.2, 0.25) is 0 Å². The van der Waals surface area contributed by atoms with Crippen molar-refractivity contribution in [2.75, 3.05) is 19.6 Å². The predicted molar refractivity (Wildman–Crippen MR) is 100 cm³/mol. The van der Waals surface area contributed by atoms with Crippen LogP contribution in [0, 0.1) is 0 Å². The molecule has 7 nitrogen and oxygen atoms in total. The van der Waals surface area contributed by atoms with Crippen LogP contribution in [-0.4, -0.2) is 45.6 Å². The van der Waals surface area contributed by atoms with Crippen molar-refractivity contribution in [3.05, 3.63) is 47.1 Å². The Morgan fingerprint density at radius 2 is 2.19 bits per heavy atom. The number of nitrogens with one attached hydrogen (secondary N) is 2. The molecule has 1 aromatic carbocycles. The third-order valence-corrected chi connectivity index (χ3v) is 5.87. The molecule has 1 amide bonds. The van der Waals surface area contributed by atoms with Crippen LogP contribution in [0.5, 0.6) is 0 Å². The van der Waals surface area contributed by atoms with E-state index in [1.54, 1.807) is 10.9 Å². The topological polar surface area (TPSA) is 92.1 Å². The van der Waals surface area contributed by atoms with Crippen LogP contribution in [0.1, 0.15) is 40.4 Å². The van der Waals surface area contributed by atoms with Crippen molar-refractivity contribution >= 4 is 27.3 Å². The molecular formula is C18H21N5O2S. The summed E-state index contributed by atoms with van der Waals surface area (Å²) in [6.07, 6.45) is 2.91. The highest BCUT2D eigenvalue weighted by Gasteiger charge is 2.19. The van der Waals surface area contributed by atoms with Crippen LogP contribution < -0.4 is 10.6 Å². The van der Waals surface area contributed by atoms with E-state index in [1.165, 1.54) is 11.3 Å². The lowest BCUT2D eigenvalue weighted by atomic mass is 10.1. The van der Waals surface area contributed by atoms with Crippen molar-refractivity contribution in [1.82, 2.24) is 25.6 Å². The minimum Gasteiger partial charge on any atom is -0.386 e. The fourth-order valence-electron chi connectivity index (χ4n) is 3.18. The Bertz CT molecular complexity index is 867. The van der Waals surface area contributed by atoms with Gasteiger partial charge in [0.15, 0.2) is 5.69 Å². The number of hydrogen-bond donors (Lipinski definition) is 3. The zero-order valence-corrected chi connectivity index (χ0v) is 15.1. The lowest BCUT2D eigenvalue weighted by molar-refractivity contribution is 0.0913. The number of aliphatic hydroxyl groups excluding tert-OH is 1. The van der Waals surface area contributed by atoms with E-state index in [4.69, 9.17) is 0 Å². The largest absolute Gasteiger partial charge is 0.386 e. The van der Waals surface area contributed by atoms with E-state index in [0.29, 0.717) is 0 Å². The van der Waals surface area contributed by atoms with Crippen LogP contribution in [-0.2, 0) is 0 Å². The number of aromatic nitrogens is 3. The number of carbonyl (C=O) groups excluding carboxylic acids is 1. The normalized spacial score (nSPS) is 16.7. The van der Waals surface area contributed by atoms with Gasteiger partial charge in [0.25, 0.3) is 5.91 Å². The van der Waals surface area contributed by atoms with Gasteiger partial charge >= 0.3 is 0 Å². The number of amides is 1. The standard InChI is InChI=1S/C18H21N5O2S/c24-15(17-9-12-3-1-2-4-16(12)26-17)10-20-18(25)14-11-23(22-21-14)13-5-7-19-8-6-13/h1-4,9,11,13,15,19,24H,5-8,10H2,(H,20,25). The van der Waals surface area contributed by atoms with Gasteiger partial charge in [-0.25, -0.2) is 4.68 Å². The van der Waals surface area contributed by atoms with Crippen LogP contribution in [0.4, 0.5) is 0 Å². The van der Waals surface area contributed by atoms with Crippen molar-refractivity contribution in [3.8, 4) is 0 Å². The summed E-state index contributed by atoms with van der Waals surface area (Å²) in [5, 5.41) is 25.6. The molecule has 1 aliphatic rings. The predicted octanol–water partition coefficient (Wildman–Crippen LogP) is 1.88. The Morgan fingerprint density at radius 1 is 1.38 bits per heavy atom. The molecule has 1 atom stereocenters. The number of piperidine rings is 1. The average Bonchev–Trinajstić information content (AvgIpc) is 3.33. The molecule has 0 aliphatic carbocycles. The summed E-state index contributed by atoms with van der Waals surface area (Å²) in [7, 11) is 0. The smallest absolute Gasteiger partial charge is 0.273 e. The number of hydrogen-bond acceptors (Lipinski definition) is 6. The van der Waals surface area contributed by atoms with Gasteiger partial charge in [-0.2, -0.15) is 0 Å². The van der Waals surface area contributed by atoms with E-state index >= 15 is 0 Å². The average molecular weight is 371 g/mol. The molecule has 0 bridgehead atoms. The molecule has 3 heterocycles. The molecule has 1 fully saturated rings. The number of fused-ring (bicyclic) bond motifs is 1. The third kappa shape index (κ3) is 3.62. The SMILES string of the molecule is O=C(NCC(O)c1cc2ccccc2s1)c1cn(C2CCNCC2)nn1. The van der Waals surface area contributed by atoms with Crippen molar-refractivity contribution in [1.29, 1.82) is 0 Å². The van der Waals surface area contributed by atoms with E-state index in [9.17, 15) is 9.90 Å². The van der Waals surface area contributed by atoms with Gasteiger partial charge in [-0.15, -0.1) is 16.4 Å². The van der Waals surface area contributed by atoms with Crippen molar-refractivity contribution in [3.63, 3.8) is 0 Å². The molecule has 26 heavy (non-hydrogen) atoms. The third-order valence-electron chi connectivity index (χ3n) is 4.65. The first kappa shape index (κ1) is 17.1. The van der Waals surface area contributed by atoms with Crippen LogP contribution in [0.2, 0.25) is 0 Å². The fraction of sp³-hybridized carbons (Fsp3) is 0.389. The number of aliphatic hydroxyl groups is 1. The van der Waals surface area contributed by atoms with Gasteiger partial charge < -0.3 is 15.7 Å². The van der Waals surface area contributed by atoms with Gasteiger partial charge in [0.1, 0.15) is 6.10 Å². The molecule has 1 unspecified atom stereocenters. The number of rotatable bonds is 5. The molecule has 3 N–H and O–H groups in total. The van der Waals surface area contributed by atoms with Gasteiger partial charge in [-0.3, -0.25) is 4.79 Å². The van der Waals surface area contributed by atoms with Crippen molar-refractivity contribution < 1.29 is 9.90 Å². The number of carbonyl (C=O) groups is 1. The summed E-state index contributed by atoms with van der Waals surface area (Å²) in [5.41, 5.74) is 0.284. The lowest BCUT2D eigenvalue weighted by Gasteiger charge is -2.22. The highest BCUT2D eigenvalue weighted by Crippen LogP contribution is 2.29. The van der Waals surface area contributed by atoms with E-state index in [2.05, 4.69) is 20.9 Å². The highest BCUT2D eigenvalue weighted by molar-refractivity contribution is 7.19. The van der Waals surface area contributed by atoms with Crippen LogP contribution in [0.15, 0.2) is 36.5 Å². The molecule has 0 radical (unpaired) electrons. The molecule has 3 aromatic rings. The maximum absolute atomic E-state index is 12.3. The summed E-state index contributed by atoms with van der Waals surface area (Å²) < 4.78 is 2.90. The van der Waals surface area contributed by atoms with Crippen LogP contribution >= 0.6 is 11.3 Å². The van der Waals surface area contributed by atoms with Gasteiger partial charge in [-0.05, 0) is 43.5 Å². The molecule has 1 saturated heterocycles. The summed E-state index contributed by atoms with van der Waals surface area (Å²) in [5.74, 6) is -0.314. The zero-order chi connectivity index (χ0) is 17.9. The minimum atomic E-state index is -0.740. The van der Waals surface area contributed by atoms with Crippen molar-refractivity contribution in [2.45, 2.75) is 25.0 Å². The Morgan fingerprint density at radius 3 is 3.00 bits per heavy atom. The Kier molecular flexibility index (Phi) is 4.96. The van der Waals surface area contributed by atoms with E-state index in [-0.39, 0.29) is 24.2 Å². The molecule has 0 spiro atoms. The van der Waals surface area contributed by atoms with E-state index in [0.717, 1.165) is 40.9 Å². The first-order chi connectivity index (χ1) is 12.7. The first-order valence-corrected chi connectivity index (χ1v) is 9.59. The second kappa shape index (κ2) is 7.53. The molecule has 8 heteroatoms. The summed E-state index contributed by atoms with van der Waals surface area (Å²) >= 11 is 1.54. The van der Waals surface area contributed by atoms with E-state index < -0.39 is 6.10 Å². The summed E-state index contributed by atoms with van der Waals surface area (Å²) in [4.78, 5) is 13.1. The summed E-state index contributed by atoms with van der Waals surface area (Å²) in [6, 6.07) is 10.2. The second-order valence-electron chi connectivity index (χ2n) is 6.48. The minimum absolute atomic E-state index is 0.145. The van der Waals surface area contributed by atoms with Gasteiger partial charge in [0, 0.05) is 16.1 Å².